The Bertz CT molecular complexity index is 431. The minimum Gasteiger partial charge on any atom is -0.399 e. The number of hydrogen-bond acceptors (Lipinski definition) is 4. The van der Waals surface area contributed by atoms with Crippen LogP contribution in [0.5, 0.6) is 0 Å². The highest BCUT2D eigenvalue weighted by Crippen LogP contribution is 2.34. The Morgan fingerprint density at radius 1 is 1.17 bits per heavy atom. The molecule has 2 fully saturated rings. The zero-order chi connectivity index (χ0) is 12.6. The molecule has 2 heterocycles. The van der Waals surface area contributed by atoms with Crippen molar-refractivity contribution in [3.63, 3.8) is 0 Å². The van der Waals surface area contributed by atoms with Gasteiger partial charge in [0.25, 0.3) is 0 Å². The van der Waals surface area contributed by atoms with Crippen LogP contribution in [0.1, 0.15) is 18.4 Å². The van der Waals surface area contributed by atoms with Crippen LogP contribution < -0.4 is 10.6 Å². The molecule has 2 saturated heterocycles. The number of benzene rings is 1. The summed E-state index contributed by atoms with van der Waals surface area (Å²) in [6.07, 6.45) is 1.86. The lowest BCUT2D eigenvalue weighted by molar-refractivity contribution is -0.169. The van der Waals surface area contributed by atoms with E-state index >= 15 is 0 Å². The van der Waals surface area contributed by atoms with Crippen molar-refractivity contribution in [2.45, 2.75) is 25.6 Å². The zero-order valence-corrected chi connectivity index (χ0v) is 10.8. The molecule has 0 radical (unpaired) electrons. The lowest BCUT2D eigenvalue weighted by Crippen LogP contribution is -2.45. The molecule has 0 atom stereocenters. The first-order chi connectivity index (χ1) is 8.69. The van der Waals surface area contributed by atoms with E-state index in [4.69, 9.17) is 15.2 Å². The number of aryl methyl sites for hydroxylation is 1. The number of hydrogen-bond donors (Lipinski definition) is 1. The summed E-state index contributed by atoms with van der Waals surface area (Å²) in [6, 6.07) is 6.09. The summed E-state index contributed by atoms with van der Waals surface area (Å²) < 4.78 is 11.5. The molecule has 0 aliphatic carbocycles. The predicted molar refractivity (Wildman–Crippen MR) is 71.7 cm³/mol. The standard InChI is InChI=1S/C14H20N2O2/c1-11-2-3-12(15)10-13(11)16-6-4-14(5-7-16)17-8-9-18-14/h2-3,10H,4-9,15H2,1H3. The number of nitrogen functional groups attached to an aromatic ring is 1. The van der Waals surface area contributed by atoms with E-state index in [0.29, 0.717) is 0 Å². The second kappa shape index (κ2) is 4.44. The van der Waals surface area contributed by atoms with Gasteiger partial charge in [-0.15, -0.1) is 0 Å². The molecule has 18 heavy (non-hydrogen) atoms. The molecule has 0 aromatic heterocycles. The summed E-state index contributed by atoms with van der Waals surface area (Å²) in [4.78, 5) is 2.38. The molecule has 98 valence electrons. The Morgan fingerprint density at radius 3 is 2.50 bits per heavy atom. The second-order valence-corrected chi connectivity index (χ2v) is 5.14. The quantitative estimate of drug-likeness (QED) is 0.771. The van der Waals surface area contributed by atoms with Crippen molar-refractivity contribution in [3.05, 3.63) is 23.8 Å². The van der Waals surface area contributed by atoms with Crippen LogP contribution in [0.15, 0.2) is 18.2 Å². The van der Waals surface area contributed by atoms with Gasteiger partial charge in [0.05, 0.1) is 13.2 Å². The third kappa shape index (κ3) is 2.06. The van der Waals surface area contributed by atoms with Gasteiger partial charge in [0.15, 0.2) is 5.79 Å². The molecule has 3 rings (SSSR count). The second-order valence-electron chi connectivity index (χ2n) is 5.14. The van der Waals surface area contributed by atoms with Crippen molar-refractivity contribution in [3.8, 4) is 0 Å². The Hall–Kier alpha value is -1.26. The fourth-order valence-electron chi connectivity index (χ4n) is 2.84. The lowest BCUT2D eigenvalue weighted by Gasteiger charge is -2.39. The Kier molecular flexibility index (Phi) is 2.92. The Balaban J connectivity index is 1.74. The van der Waals surface area contributed by atoms with Crippen molar-refractivity contribution in [2.75, 3.05) is 36.9 Å². The highest BCUT2D eigenvalue weighted by atomic mass is 16.7. The summed E-state index contributed by atoms with van der Waals surface area (Å²) in [7, 11) is 0. The third-order valence-electron chi connectivity index (χ3n) is 3.91. The molecule has 0 unspecified atom stereocenters. The van der Waals surface area contributed by atoms with Crippen molar-refractivity contribution in [2.24, 2.45) is 0 Å². The van der Waals surface area contributed by atoms with Crippen LogP contribution >= 0.6 is 0 Å². The average molecular weight is 248 g/mol. The van der Waals surface area contributed by atoms with Gasteiger partial charge in [-0.05, 0) is 24.6 Å². The Morgan fingerprint density at radius 2 is 1.83 bits per heavy atom. The highest BCUT2D eigenvalue weighted by Gasteiger charge is 2.39. The van der Waals surface area contributed by atoms with Crippen molar-refractivity contribution < 1.29 is 9.47 Å². The normalized spacial score (nSPS) is 22.6. The largest absolute Gasteiger partial charge is 0.399 e. The van der Waals surface area contributed by atoms with Gasteiger partial charge in [-0.2, -0.15) is 0 Å². The van der Waals surface area contributed by atoms with Gasteiger partial charge in [-0.3, -0.25) is 0 Å². The number of nitrogens with zero attached hydrogens (tertiary/aromatic N) is 1. The van der Waals surface area contributed by atoms with E-state index in [1.54, 1.807) is 0 Å². The summed E-state index contributed by atoms with van der Waals surface area (Å²) >= 11 is 0. The molecule has 0 bridgehead atoms. The van der Waals surface area contributed by atoms with Crippen molar-refractivity contribution >= 4 is 11.4 Å². The van der Waals surface area contributed by atoms with Crippen LogP contribution in [0.2, 0.25) is 0 Å². The molecule has 4 heteroatoms. The van der Waals surface area contributed by atoms with E-state index in [9.17, 15) is 0 Å². The molecule has 4 nitrogen and oxygen atoms in total. The van der Waals surface area contributed by atoms with E-state index in [2.05, 4.69) is 24.0 Å². The minimum absolute atomic E-state index is 0.301. The van der Waals surface area contributed by atoms with Crippen LogP contribution in [0.3, 0.4) is 0 Å². The summed E-state index contributed by atoms with van der Waals surface area (Å²) in [5.74, 6) is -0.301. The summed E-state index contributed by atoms with van der Waals surface area (Å²) in [6.45, 7) is 5.52. The molecule has 1 aromatic carbocycles. The van der Waals surface area contributed by atoms with Crippen LogP contribution in [0, 0.1) is 6.92 Å². The SMILES string of the molecule is Cc1ccc(N)cc1N1CCC2(CC1)OCCO2. The van der Waals surface area contributed by atoms with Gasteiger partial charge < -0.3 is 20.1 Å². The first-order valence-electron chi connectivity index (χ1n) is 6.58. The van der Waals surface area contributed by atoms with E-state index in [0.717, 1.165) is 44.8 Å². The average Bonchev–Trinajstić information content (AvgIpc) is 2.82. The maximum Gasteiger partial charge on any atom is 0.171 e. The van der Waals surface area contributed by atoms with Crippen LogP contribution in [-0.4, -0.2) is 32.1 Å². The van der Waals surface area contributed by atoms with Crippen LogP contribution in [0.25, 0.3) is 0 Å². The summed E-state index contributed by atoms with van der Waals surface area (Å²) in [5.41, 5.74) is 9.21. The van der Waals surface area contributed by atoms with Gasteiger partial charge in [-0.1, -0.05) is 6.07 Å². The topological polar surface area (TPSA) is 47.7 Å². The first kappa shape index (κ1) is 11.8. The Labute approximate surface area is 108 Å². The monoisotopic (exact) mass is 248 g/mol. The zero-order valence-electron chi connectivity index (χ0n) is 10.8. The van der Waals surface area contributed by atoms with Gasteiger partial charge in [-0.25, -0.2) is 0 Å². The molecule has 2 N–H and O–H groups in total. The lowest BCUT2D eigenvalue weighted by atomic mass is 10.0. The van der Waals surface area contributed by atoms with E-state index in [-0.39, 0.29) is 5.79 Å². The number of ether oxygens (including phenoxy) is 2. The number of piperidine rings is 1. The molecule has 2 aliphatic rings. The van der Waals surface area contributed by atoms with Gasteiger partial charge >= 0.3 is 0 Å². The van der Waals surface area contributed by atoms with Crippen molar-refractivity contribution in [1.29, 1.82) is 0 Å². The number of nitrogens with two attached hydrogens (primary N) is 1. The smallest absolute Gasteiger partial charge is 0.171 e. The molecule has 2 aliphatic heterocycles. The summed E-state index contributed by atoms with van der Waals surface area (Å²) in [5, 5.41) is 0. The van der Waals surface area contributed by atoms with E-state index < -0.39 is 0 Å². The van der Waals surface area contributed by atoms with E-state index in [1.165, 1.54) is 11.3 Å². The van der Waals surface area contributed by atoms with Gasteiger partial charge in [0, 0.05) is 37.3 Å². The molecule has 0 amide bonds. The van der Waals surface area contributed by atoms with Gasteiger partial charge in [0.2, 0.25) is 0 Å². The minimum atomic E-state index is -0.301. The van der Waals surface area contributed by atoms with Crippen LogP contribution in [0.4, 0.5) is 11.4 Å². The fourth-order valence-corrected chi connectivity index (χ4v) is 2.84. The van der Waals surface area contributed by atoms with Crippen molar-refractivity contribution in [1.82, 2.24) is 0 Å². The fraction of sp³-hybridized carbons (Fsp3) is 0.571. The molecular formula is C14H20N2O2. The molecule has 1 aromatic rings. The van der Waals surface area contributed by atoms with Crippen LogP contribution in [-0.2, 0) is 9.47 Å². The van der Waals surface area contributed by atoms with Gasteiger partial charge in [0.1, 0.15) is 0 Å². The van der Waals surface area contributed by atoms with E-state index in [1.807, 2.05) is 6.07 Å². The maximum absolute atomic E-state index is 5.87. The number of rotatable bonds is 1. The first-order valence-corrected chi connectivity index (χ1v) is 6.58. The highest BCUT2D eigenvalue weighted by molar-refractivity contribution is 5.61. The maximum atomic E-state index is 5.87. The molecular weight excluding hydrogens is 228 g/mol. The number of anilines is 2. The molecule has 0 saturated carbocycles. The predicted octanol–water partition coefficient (Wildman–Crippen LogP) is 1.92. The third-order valence-corrected chi connectivity index (χ3v) is 3.91. The molecule has 1 spiro atoms.